The minimum Gasteiger partial charge on any atom is -0.490 e. The Balaban J connectivity index is 1.58. The molecule has 4 rings (SSSR count). The van der Waals surface area contributed by atoms with E-state index in [0.717, 1.165) is 42.9 Å². The molecule has 2 aliphatic heterocycles. The van der Waals surface area contributed by atoms with Crippen LogP contribution in [0.3, 0.4) is 0 Å². The van der Waals surface area contributed by atoms with Crippen LogP contribution >= 0.6 is 0 Å². The van der Waals surface area contributed by atoms with E-state index in [9.17, 15) is 4.79 Å². The Labute approximate surface area is 152 Å². The molecule has 1 aromatic heterocycles. The zero-order valence-corrected chi connectivity index (χ0v) is 14.8. The number of likely N-dealkylation sites (tertiary alicyclic amines) is 1. The summed E-state index contributed by atoms with van der Waals surface area (Å²) in [5, 5.41) is 0. The molecule has 26 heavy (non-hydrogen) atoms. The minimum absolute atomic E-state index is 0.00485. The number of ether oxygens (including phenoxy) is 3. The normalized spacial score (nSPS) is 19.1. The van der Waals surface area contributed by atoms with E-state index in [1.165, 1.54) is 0 Å². The fourth-order valence-corrected chi connectivity index (χ4v) is 3.54. The highest BCUT2D eigenvalue weighted by atomic mass is 16.5. The molecular formula is C20H22N2O4. The van der Waals surface area contributed by atoms with Crippen molar-refractivity contribution >= 4 is 5.91 Å². The molecule has 1 saturated heterocycles. The zero-order chi connectivity index (χ0) is 17.9. The van der Waals surface area contributed by atoms with Crippen molar-refractivity contribution in [1.29, 1.82) is 0 Å². The van der Waals surface area contributed by atoms with Crippen LogP contribution in [0.4, 0.5) is 0 Å². The summed E-state index contributed by atoms with van der Waals surface area (Å²) in [5.41, 5.74) is 1.66. The van der Waals surface area contributed by atoms with Crippen molar-refractivity contribution in [2.75, 3.05) is 26.9 Å². The molecular weight excluding hydrogens is 332 g/mol. The van der Waals surface area contributed by atoms with E-state index in [0.29, 0.717) is 24.7 Å². The molecule has 6 heteroatoms. The largest absolute Gasteiger partial charge is 0.490 e. The number of nitrogens with zero attached hydrogens (tertiary/aromatic N) is 2. The molecule has 0 spiro atoms. The van der Waals surface area contributed by atoms with Gasteiger partial charge in [-0.25, -0.2) is 4.98 Å². The first kappa shape index (κ1) is 16.7. The number of pyridine rings is 1. The Hall–Kier alpha value is -2.76. The van der Waals surface area contributed by atoms with Gasteiger partial charge in [-0.3, -0.25) is 4.79 Å². The Kier molecular flexibility index (Phi) is 4.65. The highest BCUT2D eigenvalue weighted by Gasteiger charge is 2.31. The number of carbonyl (C=O) groups is 1. The molecule has 2 aliphatic rings. The molecule has 136 valence electrons. The van der Waals surface area contributed by atoms with E-state index in [4.69, 9.17) is 14.2 Å². The van der Waals surface area contributed by atoms with Crippen molar-refractivity contribution in [3.63, 3.8) is 0 Å². The van der Waals surface area contributed by atoms with Gasteiger partial charge in [0.2, 0.25) is 5.88 Å². The van der Waals surface area contributed by atoms with Gasteiger partial charge in [-0.05, 0) is 36.6 Å². The number of aromatic nitrogens is 1. The van der Waals surface area contributed by atoms with Gasteiger partial charge in [0.05, 0.1) is 31.9 Å². The van der Waals surface area contributed by atoms with Gasteiger partial charge >= 0.3 is 0 Å². The van der Waals surface area contributed by atoms with E-state index in [1.54, 1.807) is 25.4 Å². The number of benzene rings is 1. The molecule has 1 unspecified atom stereocenters. The summed E-state index contributed by atoms with van der Waals surface area (Å²) in [7, 11) is 1.56. The first-order chi connectivity index (χ1) is 12.8. The third-order valence-electron chi connectivity index (χ3n) is 4.86. The second-order valence-electron chi connectivity index (χ2n) is 6.50. The smallest absolute Gasteiger partial charge is 0.255 e. The van der Waals surface area contributed by atoms with Crippen LogP contribution in [0.5, 0.6) is 17.4 Å². The van der Waals surface area contributed by atoms with Crippen molar-refractivity contribution in [2.45, 2.75) is 25.3 Å². The van der Waals surface area contributed by atoms with Crippen LogP contribution in [0.1, 0.15) is 41.2 Å². The monoisotopic (exact) mass is 354 g/mol. The van der Waals surface area contributed by atoms with Crippen molar-refractivity contribution in [1.82, 2.24) is 9.88 Å². The molecule has 2 aromatic rings. The molecule has 1 amide bonds. The molecule has 0 radical (unpaired) electrons. The summed E-state index contributed by atoms with van der Waals surface area (Å²) in [4.78, 5) is 19.0. The number of carbonyl (C=O) groups excluding carboxylic acids is 1. The Morgan fingerprint density at radius 3 is 2.77 bits per heavy atom. The molecule has 0 bridgehead atoms. The molecule has 3 heterocycles. The van der Waals surface area contributed by atoms with Crippen molar-refractivity contribution in [2.24, 2.45) is 0 Å². The summed E-state index contributed by atoms with van der Waals surface area (Å²) in [5.74, 6) is 2.05. The lowest BCUT2D eigenvalue weighted by atomic mass is 10.0. The predicted molar refractivity (Wildman–Crippen MR) is 95.8 cm³/mol. The van der Waals surface area contributed by atoms with Crippen molar-refractivity contribution < 1.29 is 19.0 Å². The summed E-state index contributed by atoms with van der Waals surface area (Å²) >= 11 is 0. The lowest BCUT2D eigenvalue weighted by molar-refractivity contribution is 0.0735. The molecule has 1 aromatic carbocycles. The average molecular weight is 354 g/mol. The van der Waals surface area contributed by atoms with Gasteiger partial charge in [-0.2, -0.15) is 0 Å². The maximum absolute atomic E-state index is 13.0. The third-order valence-corrected chi connectivity index (χ3v) is 4.86. The van der Waals surface area contributed by atoms with Crippen LogP contribution < -0.4 is 14.2 Å². The second-order valence-corrected chi connectivity index (χ2v) is 6.50. The van der Waals surface area contributed by atoms with Gasteiger partial charge in [0, 0.05) is 25.2 Å². The second kappa shape index (κ2) is 7.23. The van der Waals surface area contributed by atoms with Crippen molar-refractivity contribution in [3.05, 3.63) is 47.7 Å². The van der Waals surface area contributed by atoms with Crippen LogP contribution in [0, 0.1) is 0 Å². The molecule has 6 nitrogen and oxygen atoms in total. The summed E-state index contributed by atoms with van der Waals surface area (Å²) in [6.45, 7) is 2.07. The van der Waals surface area contributed by atoms with E-state index in [1.807, 2.05) is 23.1 Å². The van der Waals surface area contributed by atoms with E-state index >= 15 is 0 Å². The molecule has 1 atom stereocenters. The maximum atomic E-state index is 13.0. The first-order valence-corrected chi connectivity index (χ1v) is 8.97. The molecule has 0 saturated carbocycles. The summed E-state index contributed by atoms with van der Waals surface area (Å²) in [6.07, 6.45) is 4.37. The SMILES string of the molecule is COc1ccc(C(=O)N2CCCC2c2ccc3c(c2)OCCCO3)cn1. The van der Waals surface area contributed by atoms with E-state index < -0.39 is 0 Å². The minimum atomic E-state index is -0.00485. The fraction of sp³-hybridized carbons (Fsp3) is 0.400. The number of rotatable bonds is 3. The third kappa shape index (κ3) is 3.19. The molecule has 1 fully saturated rings. The lowest BCUT2D eigenvalue weighted by Gasteiger charge is -2.25. The Morgan fingerprint density at radius 2 is 2.00 bits per heavy atom. The van der Waals surface area contributed by atoms with Crippen LogP contribution in [0.15, 0.2) is 36.5 Å². The fourth-order valence-electron chi connectivity index (χ4n) is 3.54. The standard InChI is InChI=1S/C20H22N2O4/c1-24-19-8-6-15(13-21-19)20(23)22-9-2-4-16(22)14-5-7-17-18(12-14)26-11-3-10-25-17/h5-8,12-13,16H,2-4,9-11H2,1H3. The molecule has 0 N–H and O–H groups in total. The number of hydrogen-bond acceptors (Lipinski definition) is 5. The molecule has 0 aliphatic carbocycles. The van der Waals surface area contributed by atoms with Crippen LogP contribution in [0.25, 0.3) is 0 Å². The number of amides is 1. The van der Waals surface area contributed by atoms with E-state index in [-0.39, 0.29) is 11.9 Å². The Bertz CT molecular complexity index is 791. The quantitative estimate of drug-likeness (QED) is 0.847. The summed E-state index contributed by atoms with van der Waals surface area (Å²) in [6, 6.07) is 9.52. The van der Waals surface area contributed by atoms with Crippen LogP contribution in [-0.2, 0) is 0 Å². The highest BCUT2D eigenvalue weighted by molar-refractivity contribution is 5.94. The van der Waals surface area contributed by atoms with Gasteiger partial charge in [-0.15, -0.1) is 0 Å². The van der Waals surface area contributed by atoms with Gasteiger partial charge < -0.3 is 19.1 Å². The zero-order valence-electron chi connectivity index (χ0n) is 14.8. The maximum Gasteiger partial charge on any atom is 0.255 e. The average Bonchev–Trinajstić information content (AvgIpc) is 3.06. The van der Waals surface area contributed by atoms with E-state index in [2.05, 4.69) is 4.98 Å². The van der Waals surface area contributed by atoms with Gasteiger partial charge in [0.15, 0.2) is 11.5 Å². The van der Waals surface area contributed by atoms with Gasteiger partial charge in [0.1, 0.15) is 0 Å². The number of hydrogen-bond donors (Lipinski definition) is 0. The predicted octanol–water partition coefficient (Wildman–Crippen LogP) is 3.23. The van der Waals surface area contributed by atoms with Gasteiger partial charge in [-0.1, -0.05) is 6.07 Å². The van der Waals surface area contributed by atoms with Crippen LogP contribution in [-0.4, -0.2) is 42.7 Å². The first-order valence-electron chi connectivity index (χ1n) is 8.97. The highest BCUT2D eigenvalue weighted by Crippen LogP contribution is 2.38. The Morgan fingerprint density at radius 1 is 1.15 bits per heavy atom. The van der Waals surface area contributed by atoms with Gasteiger partial charge in [0.25, 0.3) is 5.91 Å². The van der Waals surface area contributed by atoms with Crippen LogP contribution in [0.2, 0.25) is 0 Å². The summed E-state index contributed by atoms with van der Waals surface area (Å²) < 4.78 is 16.6. The number of fused-ring (bicyclic) bond motifs is 1. The lowest BCUT2D eigenvalue weighted by Crippen LogP contribution is -2.30. The number of methoxy groups -OCH3 is 1. The van der Waals surface area contributed by atoms with Crippen molar-refractivity contribution in [3.8, 4) is 17.4 Å². The topological polar surface area (TPSA) is 60.9 Å².